The van der Waals surface area contributed by atoms with E-state index in [0.29, 0.717) is 44.1 Å². The van der Waals surface area contributed by atoms with E-state index < -0.39 is 17.6 Å². The van der Waals surface area contributed by atoms with Gasteiger partial charge >= 0.3 is 11.8 Å². The molecule has 1 heterocycles. The molecule has 0 saturated carbocycles. The summed E-state index contributed by atoms with van der Waals surface area (Å²) in [5.74, 6) is -1.68. The van der Waals surface area contributed by atoms with Crippen molar-refractivity contribution in [1.29, 1.82) is 0 Å². The molecule has 6 nitrogen and oxygen atoms in total. The topological polar surface area (TPSA) is 78.5 Å². The third kappa shape index (κ3) is 5.90. The number of amides is 3. The van der Waals surface area contributed by atoms with Gasteiger partial charge in [-0.3, -0.25) is 14.4 Å². The van der Waals surface area contributed by atoms with Gasteiger partial charge in [-0.2, -0.15) is 0 Å². The molecule has 31 heavy (non-hydrogen) atoms. The number of hydrogen-bond acceptors (Lipinski definition) is 3. The molecule has 1 aliphatic heterocycles. The highest BCUT2D eigenvalue weighted by molar-refractivity contribution is 6.39. The lowest BCUT2D eigenvalue weighted by Gasteiger charge is -2.32. The molecule has 3 rings (SSSR count). The van der Waals surface area contributed by atoms with Crippen LogP contribution in [0.5, 0.6) is 0 Å². The van der Waals surface area contributed by atoms with E-state index in [-0.39, 0.29) is 17.4 Å². The molecule has 1 saturated heterocycles. The minimum Gasteiger partial charge on any atom is -0.348 e. The highest BCUT2D eigenvalue weighted by Crippen LogP contribution is 2.20. The minimum absolute atomic E-state index is 0.0763. The number of nitrogens with zero attached hydrogens (tertiary/aromatic N) is 1. The van der Waals surface area contributed by atoms with Crippen LogP contribution in [0.1, 0.15) is 48.5 Å². The Hall–Kier alpha value is -3.22. The van der Waals surface area contributed by atoms with Crippen LogP contribution >= 0.6 is 0 Å². The zero-order valence-corrected chi connectivity index (χ0v) is 17.9. The summed E-state index contributed by atoms with van der Waals surface area (Å²) in [6, 6.07) is 13.4. The molecule has 0 bridgehead atoms. The first kappa shape index (κ1) is 22.5. The van der Waals surface area contributed by atoms with Crippen LogP contribution in [-0.2, 0) is 9.59 Å². The molecule has 0 aromatic heterocycles. The lowest BCUT2D eigenvalue weighted by atomic mass is 9.96. The molecule has 164 valence electrons. The van der Waals surface area contributed by atoms with Crippen LogP contribution < -0.4 is 10.6 Å². The zero-order valence-electron chi connectivity index (χ0n) is 17.9. The number of benzene rings is 2. The van der Waals surface area contributed by atoms with Gasteiger partial charge in [0.05, 0.1) is 5.56 Å². The molecule has 7 heteroatoms. The van der Waals surface area contributed by atoms with E-state index in [4.69, 9.17) is 0 Å². The van der Waals surface area contributed by atoms with Crippen molar-refractivity contribution in [2.45, 2.75) is 32.6 Å². The number of rotatable bonds is 5. The molecule has 3 amide bonds. The van der Waals surface area contributed by atoms with Gasteiger partial charge in [0.15, 0.2) is 0 Å². The van der Waals surface area contributed by atoms with Gasteiger partial charge in [-0.15, -0.1) is 0 Å². The molecule has 1 fully saturated rings. The third-order valence-electron chi connectivity index (χ3n) is 5.60. The summed E-state index contributed by atoms with van der Waals surface area (Å²) in [6.07, 6.45) is 1.36. The highest BCUT2D eigenvalue weighted by atomic mass is 19.1. The summed E-state index contributed by atoms with van der Waals surface area (Å²) in [4.78, 5) is 38.4. The molecule has 2 aromatic carbocycles. The predicted molar refractivity (Wildman–Crippen MR) is 117 cm³/mol. The van der Waals surface area contributed by atoms with Crippen molar-refractivity contribution in [2.24, 2.45) is 5.92 Å². The Bertz CT molecular complexity index is 935. The van der Waals surface area contributed by atoms with Crippen LogP contribution in [0.25, 0.3) is 0 Å². The van der Waals surface area contributed by atoms with E-state index >= 15 is 0 Å². The Balaban J connectivity index is 1.42. The minimum atomic E-state index is -0.704. The van der Waals surface area contributed by atoms with Crippen molar-refractivity contribution in [3.63, 3.8) is 0 Å². The summed E-state index contributed by atoms with van der Waals surface area (Å²) < 4.78 is 13.8. The maximum Gasteiger partial charge on any atom is 0.313 e. The summed E-state index contributed by atoms with van der Waals surface area (Å²) in [7, 11) is 0. The standard InChI is InChI=1S/C24H28FN3O3/c1-16(2)18-7-9-19(10-8-18)27-23(30)22(29)26-15-17-11-13-28(14-12-17)24(31)20-5-3-4-6-21(20)25/h3-10,16-17H,11-15H2,1-2H3,(H,26,29)(H,27,30). The first-order valence-electron chi connectivity index (χ1n) is 10.6. The van der Waals surface area contributed by atoms with E-state index in [1.54, 1.807) is 29.2 Å². The smallest absolute Gasteiger partial charge is 0.313 e. The molecular formula is C24H28FN3O3. The average molecular weight is 426 g/mol. The van der Waals surface area contributed by atoms with E-state index in [2.05, 4.69) is 24.5 Å². The van der Waals surface area contributed by atoms with E-state index in [9.17, 15) is 18.8 Å². The van der Waals surface area contributed by atoms with E-state index in [0.717, 1.165) is 5.56 Å². The summed E-state index contributed by atoms with van der Waals surface area (Å²) >= 11 is 0. The quantitative estimate of drug-likeness (QED) is 0.719. The second kappa shape index (κ2) is 10.2. The number of likely N-dealkylation sites (tertiary alicyclic amines) is 1. The van der Waals surface area contributed by atoms with Gasteiger partial charge in [-0.1, -0.05) is 38.1 Å². The first-order valence-corrected chi connectivity index (χ1v) is 10.6. The number of carbonyl (C=O) groups is 3. The van der Waals surface area contributed by atoms with Crippen LogP contribution in [0.4, 0.5) is 10.1 Å². The Labute approximate surface area is 181 Å². The number of nitrogens with one attached hydrogen (secondary N) is 2. The van der Waals surface area contributed by atoms with Crippen molar-refractivity contribution in [3.05, 3.63) is 65.5 Å². The Kier molecular flexibility index (Phi) is 7.39. The van der Waals surface area contributed by atoms with Gasteiger partial charge in [0, 0.05) is 25.3 Å². The van der Waals surface area contributed by atoms with Gasteiger partial charge in [-0.05, 0) is 54.5 Å². The van der Waals surface area contributed by atoms with Crippen LogP contribution in [0.2, 0.25) is 0 Å². The lowest BCUT2D eigenvalue weighted by molar-refractivity contribution is -0.136. The Morgan fingerprint density at radius 2 is 1.65 bits per heavy atom. The van der Waals surface area contributed by atoms with Gasteiger partial charge in [0.2, 0.25) is 0 Å². The van der Waals surface area contributed by atoms with Gasteiger partial charge in [0.25, 0.3) is 5.91 Å². The fourth-order valence-electron chi connectivity index (χ4n) is 3.60. The van der Waals surface area contributed by atoms with Crippen molar-refractivity contribution < 1.29 is 18.8 Å². The molecule has 2 aromatic rings. The number of halogens is 1. The van der Waals surface area contributed by atoms with Crippen LogP contribution in [-0.4, -0.2) is 42.3 Å². The normalized spacial score (nSPS) is 14.4. The zero-order chi connectivity index (χ0) is 22.4. The van der Waals surface area contributed by atoms with Crippen molar-refractivity contribution in [1.82, 2.24) is 10.2 Å². The number of carbonyl (C=O) groups excluding carboxylic acids is 3. The molecule has 0 atom stereocenters. The molecule has 0 spiro atoms. The summed E-state index contributed by atoms with van der Waals surface area (Å²) in [5.41, 5.74) is 1.80. The SMILES string of the molecule is CC(C)c1ccc(NC(=O)C(=O)NCC2CCN(C(=O)c3ccccc3F)CC2)cc1. The fraction of sp³-hybridized carbons (Fsp3) is 0.375. The lowest BCUT2D eigenvalue weighted by Crippen LogP contribution is -2.43. The van der Waals surface area contributed by atoms with Crippen molar-refractivity contribution >= 4 is 23.4 Å². The predicted octanol–water partition coefficient (Wildman–Crippen LogP) is 3.56. The van der Waals surface area contributed by atoms with Gasteiger partial charge in [-0.25, -0.2) is 4.39 Å². The molecule has 2 N–H and O–H groups in total. The number of piperidine rings is 1. The van der Waals surface area contributed by atoms with E-state index in [1.165, 1.54) is 12.1 Å². The maximum absolute atomic E-state index is 13.8. The largest absolute Gasteiger partial charge is 0.348 e. The molecule has 0 unspecified atom stereocenters. The summed E-state index contributed by atoms with van der Waals surface area (Å²) in [5, 5.41) is 5.27. The Morgan fingerprint density at radius 3 is 2.26 bits per heavy atom. The second-order valence-electron chi connectivity index (χ2n) is 8.16. The molecule has 0 aliphatic carbocycles. The highest BCUT2D eigenvalue weighted by Gasteiger charge is 2.26. The van der Waals surface area contributed by atoms with Gasteiger partial charge in [0.1, 0.15) is 5.82 Å². The second-order valence-corrected chi connectivity index (χ2v) is 8.16. The number of anilines is 1. The van der Waals surface area contributed by atoms with Crippen LogP contribution in [0.15, 0.2) is 48.5 Å². The van der Waals surface area contributed by atoms with E-state index in [1.807, 2.05) is 12.1 Å². The van der Waals surface area contributed by atoms with Crippen molar-refractivity contribution in [3.8, 4) is 0 Å². The fourth-order valence-corrected chi connectivity index (χ4v) is 3.60. The molecule has 0 radical (unpaired) electrons. The van der Waals surface area contributed by atoms with Crippen LogP contribution in [0.3, 0.4) is 0 Å². The van der Waals surface area contributed by atoms with Crippen LogP contribution in [0, 0.1) is 11.7 Å². The Morgan fingerprint density at radius 1 is 1.00 bits per heavy atom. The van der Waals surface area contributed by atoms with Crippen molar-refractivity contribution in [2.75, 3.05) is 25.0 Å². The van der Waals surface area contributed by atoms with Gasteiger partial charge < -0.3 is 15.5 Å². The molecular weight excluding hydrogens is 397 g/mol. The maximum atomic E-state index is 13.8. The number of hydrogen-bond donors (Lipinski definition) is 2. The molecule has 1 aliphatic rings. The third-order valence-corrected chi connectivity index (χ3v) is 5.60. The first-order chi connectivity index (χ1) is 14.8. The average Bonchev–Trinajstić information content (AvgIpc) is 2.78. The summed E-state index contributed by atoms with van der Waals surface area (Å²) in [6.45, 7) is 5.51. The monoisotopic (exact) mass is 425 g/mol.